The first-order valence-corrected chi connectivity index (χ1v) is 7.27. The summed E-state index contributed by atoms with van der Waals surface area (Å²) < 4.78 is 17.8. The number of fused-ring (bicyclic) bond motifs is 1. The van der Waals surface area contributed by atoms with Crippen molar-refractivity contribution in [1.82, 2.24) is 19.3 Å². The molecule has 2 heterocycles. The maximum Gasteiger partial charge on any atom is 0.201 e. The summed E-state index contributed by atoms with van der Waals surface area (Å²) in [6, 6.07) is 3.09. The highest BCUT2D eigenvalue weighted by Gasteiger charge is 2.16. The highest BCUT2D eigenvalue weighted by Crippen LogP contribution is 2.26. The van der Waals surface area contributed by atoms with Crippen LogP contribution in [0, 0.1) is 19.7 Å². The van der Waals surface area contributed by atoms with Gasteiger partial charge in [0, 0.05) is 24.4 Å². The van der Waals surface area contributed by atoms with Gasteiger partial charge < -0.3 is 10.3 Å². The van der Waals surface area contributed by atoms with Crippen molar-refractivity contribution in [2.45, 2.75) is 20.4 Å². The van der Waals surface area contributed by atoms with E-state index in [9.17, 15) is 4.39 Å². The van der Waals surface area contributed by atoms with Gasteiger partial charge in [0.2, 0.25) is 5.95 Å². The zero-order chi connectivity index (χ0) is 15.3. The Bertz CT molecular complexity index is 849. The van der Waals surface area contributed by atoms with Crippen LogP contribution in [0.3, 0.4) is 0 Å². The van der Waals surface area contributed by atoms with Crippen LogP contribution in [0.4, 0.5) is 10.3 Å². The van der Waals surface area contributed by atoms with Crippen LogP contribution in [0.5, 0.6) is 0 Å². The Kier molecular flexibility index (Phi) is 3.24. The molecule has 0 aliphatic carbocycles. The number of imidazole rings is 1. The predicted octanol–water partition coefficient (Wildman–Crippen LogP) is 2.92. The van der Waals surface area contributed by atoms with E-state index in [1.165, 1.54) is 6.07 Å². The second-order valence-corrected chi connectivity index (χ2v) is 5.94. The average Bonchev–Trinajstić information content (AvgIpc) is 2.83. The van der Waals surface area contributed by atoms with E-state index in [-0.39, 0.29) is 5.82 Å². The van der Waals surface area contributed by atoms with Crippen molar-refractivity contribution in [1.29, 1.82) is 0 Å². The van der Waals surface area contributed by atoms with Crippen LogP contribution >= 0.6 is 15.9 Å². The molecule has 0 unspecified atom stereocenters. The van der Waals surface area contributed by atoms with Gasteiger partial charge in [-0.1, -0.05) is 0 Å². The molecular weight excluding hydrogens is 337 g/mol. The number of benzene rings is 1. The third kappa shape index (κ3) is 2.21. The Morgan fingerprint density at radius 1 is 1.33 bits per heavy atom. The molecule has 1 aromatic carbocycles. The number of rotatable bonds is 2. The van der Waals surface area contributed by atoms with Crippen LogP contribution in [-0.4, -0.2) is 19.3 Å². The summed E-state index contributed by atoms with van der Waals surface area (Å²) in [5.41, 5.74) is 10.4. The number of nitrogens with two attached hydrogens (primary N) is 1. The molecule has 0 aliphatic rings. The summed E-state index contributed by atoms with van der Waals surface area (Å²) in [7, 11) is 1.90. The number of halogens is 2. The first-order chi connectivity index (χ1) is 9.88. The van der Waals surface area contributed by atoms with Crippen LogP contribution < -0.4 is 5.73 Å². The average molecular weight is 352 g/mol. The SMILES string of the molecule is Cc1nn(C)c(C)c1Cn1c(N)nc2cc(Br)c(F)cc21. The number of hydrogen-bond donors (Lipinski definition) is 1. The molecule has 0 radical (unpaired) electrons. The Morgan fingerprint density at radius 2 is 2.05 bits per heavy atom. The van der Waals surface area contributed by atoms with Gasteiger partial charge in [-0.15, -0.1) is 0 Å². The standard InChI is InChI=1S/C14H15BrFN5/c1-7-9(8(2)20(3)19-7)6-21-13-5-11(16)10(15)4-12(13)18-14(21)17/h4-5H,6H2,1-3H3,(H2,17,18). The van der Waals surface area contributed by atoms with Gasteiger partial charge in [0.15, 0.2) is 0 Å². The molecule has 0 saturated heterocycles. The molecule has 0 spiro atoms. The molecule has 2 N–H and O–H groups in total. The number of aryl methyl sites for hydroxylation is 2. The Balaban J connectivity index is 2.16. The van der Waals surface area contributed by atoms with Crippen LogP contribution in [-0.2, 0) is 13.6 Å². The minimum atomic E-state index is -0.330. The lowest BCUT2D eigenvalue weighted by atomic mass is 10.2. The van der Waals surface area contributed by atoms with Crippen molar-refractivity contribution in [3.63, 3.8) is 0 Å². The number of hydrogen-bond acceptors (Lipinski definition) is 3. The van der Waals surface area contributed by atoms with Crippen LogP contribution in [0.2, 0.25) is 0 Å². The third-order valence-corrected chi connectivity index (χ3v) is 4.40. The lowest BCUT2D eigenvalue weighted by molar-refractivity contribution is 0.622. The van der Waals surface area contributed by atoms with Crippen molar-refractivity contribution in [2.24, 2.45) is 7.05 Å². The molecule has 21 heavy (non-hydrogen) atoms. The maximum atomic E-state index is 13.8. The second kappa shape index (κ2) is 4.84. The molecule has 110 valence electrons. The predicted molar refractivity (Wildman–Crippen MR) is 83.6 cm³/mol. The number of nitrogens with zero attached hydrogens (tertiary/aromatic N) is 4. The highest BCUT2D eigenvalue weighted by molar-refractivity contribution is 9.10. The fourth-order valence-electron chi connectivity index (χ4n) is 2.51. The van der Waals surface area contributed by atoms with E-state index < -0.39 is 0 Å². The van der Waals surface area contributed by atoms with E-state index in [4.69, 9.17) is 5.73 Å². The topological polar surface area (TPSA) is 61.7 Å². The van der Waals surface area contributed by atoms with E-state index in [2.05, 4.69) is 26.0 Å². The molecule has 0 fully saturated rings. The minimum absolute atomic E-state index is 0.330. The van der Waals surface area contributed by atoms with Crippen molar-refractivity contribution in [2.75, 3.05) is 5.73 Å². The van der Waals surface area contributed by atoms with Gasteiger partial charge in [0.1, 0.15) is 5.82 Å². The summed E-state index contributed by atoms with van der Waals surface area (Å²) >= 11 is 3.17. The maximum absolute atomic E-state index is 13.8. The van der Waals surface area contributed by atoms with Crippen LogP contribution in [0.15, 0.2) is 16.6 Å². The fraction of sp³-hybridized carbons (Fsp3) is 0.286. The smallest absolute Gasteiger partial charge is 0.201 e. The molecule has 3 aromatic rings. The molecule has 7 heteroatoms. The molecule has 0 amide bonds. The monoisotopic (exact) mass is 351 g/mol. The number of aromatic nitrogens is 4. The number of anilines is 1. The molecule has 0 aliphatic heterocycles. The Morgan fingerprint density at radius 3 is 2.67 bits per heavy atom. The van der Waals surface area contributed by atoms with Gasteiger partial charge in [0.25, 0.3) is 0 Å². The van der Waals surface area contributed by atoms with Gasteiger partial charge in [-0.2, -0.15) is 5.10 Å². The van der Waals surface area contributed by atoms with Gasteiger partial charge in [-0.25, -0.2) is 9.37 Å². The molecule has 3 rings (SSSR count). The quantitative estimate of drug-likeness (QED) is 0.772. The molecule has 5 nitrogen and oxygen atoms in total. The third-order valence-electron chi connectivity index (χ3n) is 3.79. The Labute approximate surface area is 129 Å². The zero-order valence-electron chi connectivity index (χ0n) is 12.0. The molecule has 0 bridgehead atoms. The van der Waals surface area contributed by atoms with Crippen molar-refractivity contribution in [3.8, 4) is 0 Å². The van der Waals surface area contributed by atoms with E-state index >= 15 is 0 Å². The minimum Gasteiger partial charge on any atom is -0.369 e. The first kappa shape index (κ1) is 14.1. The summed E-state index contributed by atoms with van der Waals surface area (Å²) in [6.07, 6.45) is 0. The Hall–Kier alpha value is -1.89. The van der Waals surface area contributed by atoms with Crippen molar-refractivity contribution in [3.05, 3.63) is 39.4 Å². The van der Waals surface area contributed by atoms with E-state index in [0.29, 0.717) is 28.0 Å². The van der Waals surface area contributed by atoms with E-state index in [1.54, 1.807) is 6.07 Å². The summed E-state index contributed by atoms with van der Waals surface area (Å²) in [6.45, 7) is 4.48. The largest absolute Gasteiger partial charge is 0.369 e. The summed E-state index contributed by atoms with van der Waals surface area (Å²) in [4.78, 5) is 4.29. The van der Waals surface area contributed by atoms with Gasteiger partial charge in [-0.3, -0.25) is 4.68 Å². The van der Waals surface area contributed by atoms with Crippen LogP contribution in [0.25, 0.3) is 11.0 Å². The summed E-state index contributed by atoms with van der Waals surface area (Å²) in [5.74, 6) is 0.0356. The molecular formula is C14H15BrFN5. The number of nitrogen functional groups attached to an aromatic ring is 1. The van der Waals surface area contributed by atoms with Crippen LogP contribution in [0.1, 0.15) is 17.0 Å². The van der Waals surface area contributed by atoms with Crippen molar-refractivity contribution < 1.29 is 4.39 Å². The van der Waals surface area contributed by atoms with E-state index in [0.717, 1.165) is 17.0 Å². The van der Waals surface area contributed by atoms with E-state index in [1.807, 2.05) is 30.1 Å². The summed E-state index contributed by atoms with van der Waals surface area (Å²) in [5, 5.41) is 4.39. The first-order valence-electron chi connectivity index (χ1n) is 6.48. The van der Waals surface area contributed by atoms with Gasteiger partial charge in [0.05, 0.1) is 27.7 Å². The van der Waals surface area contributed by atoms with Crippen molar-refractivity contribution >= 4 is 32.9 Å². The molecule has 2 aromatic heterocycles. The lowest BCUT2D eigenvalue weighted by Crippen LogP contribution is -2.06. The molecule has 0 atom stereocenters. The highest BCUT2D eigenvalue weighted by atomic mass is 79.9. The normalized spacial score (nSPS) is 11.5. The van der Waals surface area contributed by atoms with Gasteiger partial charge in [-0.05, 0) is 35.8 Å². The lowest BCUT2D eigenvalue weighted by Gasteiger charge is -2.07. The second-order valence-electron chi connectivity index (χ2n) is 5.08. The van der Waals surface area contributed by atoms with Gasteiger partial charge >= 0.3 is 0 Å². The zero-order valence-corrected chi connectivity index (χ0v) is 13.6. The molecule has 0 saturated carbocycles. The fourth-order valence-corrected chi connectivity index (χ4v) is 2.84.